The number of nitrogens with one attached hydrogen (secondary N) is 1. The van der Waals surface area contributed by atoms with E-state index in [1.54, 1.807) is 25.2 Å². The van der Waals surface area contributed by atoms with Gasteiger partial charge < -0.3 is 10.2 Å². The number of amides is 1. The van der Waals surface area contributed by atoms with Crippen LogP contribution in [0.2, 0.25) is 0 Å². The van der Waals surface area contributed by atoms with Gasteiger partial charge in [0.25, 0.3) is 5.91 Å². The minimum Gasteiger partial charge on any atom is -0.367 e. The molecule has 1 aromatic heterocycles. The molecule has 4 nitrogen and oxygen atoms in total. The first-order valence-corrected chi connectivity index (χ1v) is 7.59. The van der Waals surface area contributed by atoms with Gasteiger partial charge in [0.1, 0.15) is 5.82 Å². The Bertz CT molecular complexity index is 523. The smallest absolute Gasteiger partial charge is 0.254 e. The Labute approximate surface area is 119 Å². The average Bonchev–Trinajstić information content (AvgIpc) is 2.84. The van der Waals surface area contributed by atoms with Gasteiger partial charge in [0.05, 0.1) is 5.56 Å². The minimum atomic E-state index is 0.00499. The summed E-state index contributed by atoms with van der Waals surface area (Å²) < 4.78 is 0. The van der Waals surface area contributed by atoms with E-state index in [2.05, 4.69) is 10.3 Å². The van der Waals surface area contributed by atoms with E-state index in [0.29, 0.717) is 11.6 Å². The molecule has 0 saturated heterocycles. The Balaban J connectivity index is 1.42. The minimum absolute atomic E-state index is 0.00499. The van der Waals surface area contributed by atoms with E-state index < -0.39 is 0 Å². The quantitative estimate of drug-likeness (QED) is 0.917. The average molecular weight is 271 g/mol. The second-order valence-corrected chi connectivity index (χ2v) is 6.79. The van der Waals surface area contributed by atoms with E-state index >= 15 is 0 Å². The topological polar surface area (TPSA) is 45.2 Å². The molecule has 1 amide bonds. The van der Waals surface area contributed by atoms with Crippen molar-refractivity contribution in [1.29, 1.82) is 0 Å². The number of hydrogen-bond acceptors (Lipinski definition) is 3. The molecule has 0 aliphatic heterocycles. The van der Waals surface area contributed by atoms with Gasteiger partial charge in [-0.05, 0) is 55.1 Å². The van der Waals surface area contributed by atoms with Crippen molar-refractivity contribution in [1.82, 2.24) is 9.88 Å². The fourth-order valence-electron chi connectivity index (χ4n) is 4.55. The molecule has 106 valence electrons. The number of carbonyl (C=O) groups is 1. The summed E-state index contributed by atoms with van der Waals surface area (Å²) in [4.78, 5) is 17.8. The highest BCUT2D eigenvalue weighted by Gasteiger charge is 2.65. The first-order valence-electron chi connectivity index (χ1n) is 7.59. The molecule has 3 saturated carbocycles. The van der Waals surface area contributed by atoms with Gasteiger partial charge in [-0.3, -0.25) is 4.79 Å². The Kier molecular flexibility index (Phi) is 2.56. The van der Waals surface area contributed by atoms with Crippen LogP contribution in [-0.2, 0) is 0 Å². The van der Waals surface area contributed by atoms with Crippen molar-refractivity contribution in [3.05, 3.63) is 23.9 Å². The van der Waals surface area contributed by atoms with E-state index in [1.807, 2.05) is 12.1 Å². The monoisotopic (exact) mass is 271 g/mol. The summed E-state index contributed by atoms with van der Waals surface area (Å²) in [7, 11) is 3.52. The van der Waals surface area contributed by atoms with Crippen LogP contribution < -0.4 is 5.32 Å². The molecular weight excluding hydrogens is 250 g/mol. The van der Waals surface area contributed by atoms with Gasteiger partial charge in [-0.2, -0.15) is 0 Å². The number of carbonyl (C=O) groups excluding carboxylic acids is 1. The molecule has 3 aliphatic carbocycles. The van der Waals surface area contributed by atoms with Gasteiger partial charge in [-0.1, -0.05) is 0 Å². The van der Waals surface area contributed by atoms with Crippen LogP contribution in [0, 0.1) is 23.7 Å². The lowest BCUT2D eigenvalue weighted by molar-refractivity contribution is 0.0827. The third-order valence-electron chi connectivity index (χ3n) is 5.47. The molecule has 4 unspecified atom stereocenters. The molecule has 3 fully saturated rings. The lowest BCUT2D eigenvalue weighted by Gasteiger charge is -2.12. The number of pyridine rings is 1. The molecular formula is C16H21N3O. The first-order chi connectivity index (χ1) is 9.65. The summed E-state index contributed by atoms with van der Waals surface area (Å²) in [5.41, 5.74) is 0.650. The van der Waals surface area contributed by atoms with E-state index in [0.717, 1.165) is 29.5 Å². The summed E-state index contributed by atoms with van der Waals surface area (Å²) in [6.45, 7) is 0. The largest absolute Gasteiger partial charge is 0.367 e. The molecule has 0 aromatic carbocycles. The zero-order chi connectivity index (χ0) is 13.9. The molecule has 1 N–H and O–H groups in total. The molecule has 0 spiro atoms. The maximum absolute atomic E-state index is 11.8. The zero-order valence-corrected chi connectivity index (χ0v) is 12.0. The maximum Gasteiger partial charge on any atom is 0.254 e. The van der Waals surface area contributed by atoms with Gasteiger partial charge in [0.2, 0.25) is 0 Å². The van der Waals surface area contributed by atoms with Crippen LogP contribution in [-0.4, -0.2) is 35.9 Å². The number of anilines is 1. The molecule has 0 radical (unpaired) electrons. The van der Waals surface area contributed by atoms with Crippen molar-refractivity contribution in [3.63, 3.8) is 0 Å². The van der Waals surface area contributed by atoms with Gasteiger partial charge >= 0.3 is 0 Å². The van der Waals surface area contributed by atoms with E-state index in [1.165, 1.54) is 19.3 Å². The van der Waals surface area contributed by atoms with E-state index in [4.69, 9.17) is 0 Å². The molecule has 2 bridgehead atoms. The number of aromatic nitrogens is 1. The second kappa shape index (κ2) is 4.21. The van der Waals surface area contributed by atoms with E-state index in [-0.39, 0.29) is 5.91 Å². The first kappa shape index (κ1) is 12.2. The summed E-state index contributed by atoms with van der Waals surface area (Å²) in [5, 5.41) is 3.58. The maximum atomic E-state index is 11.8. The van der Waals surface area contributed by atoms with E-state index in [9.17, 15) is 4.79 Å². The lowest BCUT2D eigenvalue weighted by Crippen LogP contribution is -2.22. The van der Waals surface area contributed by atoms with Crippen molar-refractivity contribution in [2.24, 2.45) is 23.7 Å². The molecule has 1 heterocycles. The van der Waals surface area contributed by atoms with Crippen LogP contribution in [0.3, 0.4) is 0 Å². The predicted octanol–water partition coefficient (Wildman–Crippen LogP) is 2.24. The Morgan fingerprint density at radius 2 is 1.95 bits per heavy atom. The van der Waals surface area contributed by atoms with Crippen LogP contribution in [0.4, 0.5) is 5.82 Å². The Morgan fingerprint density at radius 3 is 2.50 bits per heavy atom. The summed E-state index contributed by atoms with van der Waals surface area (Å²) in [6.07, 6.45) is 6.02. The third kappa shape index (κ3) is 1.74. The third-order valence-corrected chi connectivity index (χ3v) is 5.47. The SMILES string of the molecule is CN(C)C(=O)c1ccc(NC2C3C4CCC(C4)C23)nc1. The molecule has 4 rings (SSSR count). The molecule has 3 aliphatic rings. The summed E-state index contributed by atoms with van der Waals surface area (Å²) >= 11 is 0. The van der Waals surface area contributed by atoms with Crippen LogP contribution in [0.5, 0.6) is 0 Å². The fourth-order valence-corrected chi connectivity index (χ4v) is 4.55. The number of hydrogen-bond donors (Lipinski definition) is 1. The van der Waals surface area contributed by atoms with Crippen LogP contribution in [0.15, 0.2) is 18.3 Å². The van der Waals surface area contributed by atoms with Crippen molar-refractivity contribution >= 4 is 11.7 Å². The second-order valence-electron chi connectivity index (χ2n) is 6.79. The predicted molar refractivity (Wildman–Crippen MR) is 77.5 cm³/mol. The normalized spacial score (nSPS) is 36.6. The van der Waals surface area contributed by atoms with Gasteiger partial charge in [0, 0.05) is 26.3 Å². The highest BCUT2D eigenvalue weighted by molar-refractivity contribution is 5.93. The molecule has 4 atom stereocenters. The van der Waals surface area contributed by atoms with Gasteiger partial charge in [-0.15, -0.1) is 0 Å². The molecule has 1 aromatic rings. The standard InChI is InChI=1S/C16H21N3O/c1-19(2)16(20)11-5-6-12(17-8-11)18-15-13-9-3-4-10(7-9)14(13)15/h5-6,8-10,13-15H,3-4,7H2,1-2H3,(H,17,18). The van der Waals surface area contributed by atoms with Crippen LogP contribution >= 0.6 is 0 Å². The number of fused-ring (bicyclic) bond motifs is 5. The lowest BCUT2D eigenvalue weighted by atomic mass is 10.0. The highest BCUT2D eigenvalue weighted by atomic mass is 16.2. The van der Waals surface area contributed by atoms with Crippen molar-refractivity contribution in [3.8, 4) is 0 Å². The van der Waals surface area contributed by atoms with Crippen LogP contribution in [0.1, 0.15) is 29.6 Å². The Morgan fingerprint density at radius 1 is 1.25 bits per heavy atom. The number of rotatable bonds is 3. The molecule has 4 heteroatoms. The molecule has 20 heavy (non-hydrogen) atoms. The summed E-state index contributed by atoms with van der Waals surface area (Å²) in [5.74, 6) is 4.66. The zero-order valence-electron chi connectivity index (χ0n) is 12.0. The van der Waals surface area contributed by atoms with Crippen molar-refractivity contribution < 1.29 is 4.79 Å². The van der Waals surface area contributed by atoms with Crippen molar-refractivity contribution in [2.75, 3.05) is 19.4 Å². The highest BCUT2D eigenvalue weighted by Crippen LogP contribution is 2.66. The van der Waals surface area contributed by atoms with Gasteiger partial charge in [0.15, 0.2) is 0 Å². The van der Waals surface area contributed by atoms with Crippen molar-refractivity contribution in [2.45, 2.75) is 25.3 Å². The number of nitrogens with zero attached hydrogens (tertiary/aromatic N) is 2. The fraction of sp³-hybridized carbons (Fsp3) is 0.625. The Hall–Kier alpha value is -1.58. The van der Waals surface area contributed by atoms with Gasteiger partial charge in [-0.25, -0.2) is 4.98 Å². The van der Waals surface area contributed by atoms with Crippen LogP contribution in [0.25, 0.3) is 0 Å². The summed E-state index contributed by atoms with van der Waals surface area (Å²) in [6, 6.07) is 4.45.